The van der Waals surface area contributed by atoms with Crippen LogP contribution in [0.15, 0.2) is 85.1 Å². The van der Waals surface area contributed by atoms with Crippen LogP contribution in [-0.4, -0.2) is 54.0 Å². The van der Waals surface area contributed by atoms with Crippen molar-refractivity contribution in [2.24, 2.45) is 0 Å². The van der Waals surface area contributed by atoms with Crippen LogP contribution in [0.2, 0.25) is 0 Å². The molecule has 7 nitrogen and oxygen atoms in total. The topological polar surface area (TPSA) is 68.6 Å². The van der Waals surface area contributed by atoms with Gasteiger partial charge in [-0.1, -0.05) is 42.5 Å². The molecule has 0 atom stereocenters. The largest absolute Gasteiger partial charge is 0.497 e. The molecular weight excluding hydrogens is 440 g/mol. The van der Waals surface area contributed by atoms with Crippen LogP contribution in [0.5, 0.6) is 5.75 Å². The number of nitrogens with one attached hydrogen (secondary N) is 1. The molecule has 1 saturated heterocycles. The van der Waals surface area contributed by atoms with Crippen molar-refractivity contribution in [2.75, 3.05) is 38.7 Å². The standard InChI is InChI=1S/C28H28N4O3/c1-34-25-9-5-6-22(18-25)27-26(20-32(30-27)24-7-3-2-4-8-24)28(33)29-23-12-10-21(11-13-23)19-31-14-16-35-17-15-31/h2-13,18,20H,14-17,19H2,1H3,(H,29,33). The van der Waals surface area contributed by atoms with Crippen molar-refractivity contribution in [2.45, 2.75) is 6.54 Å². The number of para-hydroxylation sites is 1. The van der Waals surface area contributed by atoms with Gasteiger partial charge in [0.2, 0.25) is 0 Å². The Labute approximate surface area is 204 Å². The van der Waals surface area contributed by atoms with Gasteiger partial charge in [0.05, 0.1) is 31.6 Å². The normalized spacial score (nSPS) is 14.0. The number of hydrogen-bond donors (Lipinski definition) is 1. The fourth-order valence-corrected chi connectivity index (χ4v) is 4.15. The van der Waals surface area contributed by atoms with Crippen LogP contribution < -0.4 is 10.1 Å². The average Bonchev–Trinajstić information content (AvgIpc) is 3.37. The minimum atomic E-state index is -0.217. The van der Waals surface area contributed by atoms with E-state index in [1.807, 2.05) is 66.7 Å². The molecule has 0 saturated carbocycles. The van der Waals surface area contributed by atoms with E-state index in [0.29, 0.717) is 17.0 Å². The van der Waals surface area contributed by atoms with Crippen LogP contribution in [0.3, 0.4) is 0 Å². The molecule has 2 heterocycles. The molecule has 1 amide bonds. The van der Waals surface area contributed by atoms with Crippen molar-refractivity contribution >= 4 is 11.6 Å². The highest BCUT2D eigenvalue weighted by atomic mass is 16.5. The Hall–Kier alpha value is -3.94. The predicted molar refractivity (Wildman–Crippen MR) is 136 cm³/mol. The Bertz CT molecular complexity index is 1280. The van der Waals surface area contributed by atoms with E-state index in [9.17, 15) is 4.79 Å². The fourth-order valence-electron chi connectivity index (χ4n) is 4.15. The highest BCUT2D eigenvalue weighted by Crippen LogP contribution is 2.28. The van der Waals surface area contributed by atoms with E-state index in [1.54, 1.807) is 18.0 Å². The number of morpholine rings is 1. The third-order valence-corrected chi connectivity index (χ3v) is 6.04. The molecule has 0 aliphatic carbocycles. The van der Waals surface area contributed by atoms with Crippen molar-refractivity contribution < 1.29 is 14.3 Å². The Morgan fingerprint density at radius 3 is 2.51 bits per heavy atom. The van der Waals surface area contributed by atoms with Gasteiger partial charge in [-0.25, -0.2) is 4.68 Å². The summed E-state index contributed by atoms with van der Waals surface area (Å²) < 4.78 is 12.5. The van der Waals surface area contributed by atoms with Crippen LogP contribution in [0.4, 0.5) is 5.69 Å². The summed E-state index contributed by atoms with van der Waals surface area (Å²) in [5.74, 6) is 0.491. The lowest BCUT2D eigenvalue weighted by Gasteiger charge is -2.26. The third-order valence-electron chi connectivity index (χ3n) is 6.04. The summed E-state index contributed by atoms with van der Waals surface area (Å²) in [5, 5.41) is 7.79. The maximum atomic E-state index is 13.4. The van der Waals surface area contributed by atoms with E-state index in [4.69, 9.17) is 14.6 Å². The van der Waals surface area contributed by atoms with E-state index in [2.05, 4.69) is 22.3 Å². The van der Waals surface area contributed by atoms with Crippen molar-refractivity contribution in [3.05, 3.63) is 96.2 Å². The maximum absolute atomic E-state index is 13.4. The molecule has 1 aliphatic rings. The number of carbonyl (C=O) groups is 1. The summed E-state index contributed by atoms with van der Waals surface area (Å²) >= 11 is 0. The summed E-state index contributed by atoms with van der Waals surface area (Å²) in [7, 11) is 1.62. The second-order valence-corrected chi connectivity index (χ2v) is 8.44. The monoisotopic (exact) mass is 468 g/mol. The van der Waals surface area contributed by atoms with Gasteiger partial charge in [-0.05, 0) is 42.0 Å². The predicted octanol–water partition coefficient (Wildman–Crippen LogP) is 4.63. The molecule has 1 aliphatic heterocycles. The van der Waals surface area contributed by atoms with Gasteiger partial charge in [-0.3, -0.25) is 9.69 Å². The summed E-state index contributed by atoms with van der Waals surface area (Å²) in [6.45, 7) is 4.32. The van der Waals surface area contributed by atoms with Crippen LogP contribution in [0.25, 0.3) is 16.9 Å². The molecule has 0 radical (unpaired) electrons. The van der Waals surface area contributed by atoms with E-state index in [-0.39, 0.29) is 5.91 Å². The van der Waals surface area contributed by atoms with Crippen molar-refractivity contribution in [3.8, 4) is 22.7 Å². The summed E-state index contributed by atoms with van der Waals surface area (Å²) in [6.07, 6.45) is 1.77. The number of rotatable bonds is 7. The zero-order valence-electron chi connectivity index (χ0n) is 19.7. The number of hydrogen-bond acceptors (Lipinski definition) is 5. The fraction of sp³-hybridized carbons (Fsp3) is 0.214. The number of ether oxygens (including phenoxy) is 2. The number of benzene rings is 3. The van der Waals surface area contributed by atoms with Gasteiger partial charge in [-0.2, -0.15) is 5.10 Å². The highest BCUT2D eigenvalue weighted by Gasteiger charge is 2.19. The van der Waals surface area contributed by atoms with Crippen molar-refractivity contribution in [3.63, 3.8) is 0 Å². The average molecular weight is 469 g/mol. The van der Waals surface area contributed by atoms with Gasteiger partial charge in [0, 0.05) is 37.1 Å². The summed E-state index contributed by atoms with van der Waals surface area (Å²) in [6, 6.07) is 25.3. The van der Waals surface area contributed by atoms with Crippen LogP contribution in [0.1, 0.15) is 15.9 Å². The number of amides is 1. The summed E-state index contributed by atoms with van der Waals surface area (Å²) in [4.78, 5) is 15.8. The molecule has 0 bridgehead atoms. The van der Waals surface area contributed by atoms with Crippen LogP contribution in [-0.2, 0) is 11.3 Å². The SMILES string of the molecule is COc1cccc(-c2nn(-c3ccccc3)cc2C(=O)Nc2ccc(CN3CCOCC3)cc2)c1. The molecule has 1 fully saturated rings. The molecule has 35 heavy (non-hydrogen) atoms. The molecule has 7 heteroatoms. The van der Waals surface area contributed by atoms with Gasteiger partial charge in [-0.15, -0.1) is 0 Å². The van der Waals surface area contributed by atoms with Gasteiger partial charge >= 0.3 is 0 Å². The zero-order valence-corrected chi connectivity index (χ0v) is 19.7. The Morgan fingerprint density at radius 2 is 1.77 bits per heavy atom. The molecule has 1 aromatic heterocycles. The first kappa shape index (κ1) is 22.8. The molecule has 1 N–H and O–H groups in total. The van der Waals surface area contributed by atoms with E-state index >= 15 is 0 Å². The smallest absolute Gasteiger partial charge is 0.259 e. The van der Waals surface area contributed by atoms with E-state index < -0.39 is 0 Å². The van der Waals surface area contributed by atoms with Crippen LogP contribution in [0, 0.1) is 0 Å². The van der Waals surface area contributed by atoms with Gasteiger partial charge in [0.15, 0.2) is 0 Å². The van der Waals surface area contributed by atoms with Crippen molar-refractivity contribution in [1.82, 2.24) is 14.7 Å². The number of aromatic nitrogens is 2. The molecule has 0 spiro atoms. The molecule has 0 unspecified atom stereocenters. The molecule has 178 valence electrons. The molecule has 3 aromatic carbocycles. The minimum Gasteiger partial charge on any atom is -0.497 e. The zero-order chi connectivity index (χ0) is 24.0. The highest BCUT2D eigenvalue weighted by molar-refractivity contribution is 6.08. The van der Waals surface area contributed by atoms with E-state index in [0.717, 1.165) is 49.8 Å². The third kappa shape index (κ3) is 5.42. The first-order valence-corrected chi connectivity index (χ1v) is 11.7. The molecular formula is C28H28N4O3. The maximum Gasteiger partial charge on any atom is 0.259 e. The summed E-state index contributed by atoms with van der Waals surface area (Å²) in [5.41, 5.74) is 4.71. The number of carbonyl (C=O) groups excluding carboxylic acids is 1. The first-order valence-electron chi connectivity index (χ1n) is 11.7. The number of methoxy groups -OCH3 is 1. The second kappa shape index (κ2) is 10.5. The Morgan fingerprint density at radius 1 is 1.00 bits per heavy atom. The van der Waals surface area contributed by atoms with Gasteiger partial charge < -0.3 is 14.8 Å². The Balaban J connectivity index is 1.39. The Kier molecular flexibility index (Phi) is 6.88. The van der Waals surface area contributed by atoms with Crippen molar-refractivity contribution in [1.29, 1.82) is 0 Å². The second-order valence-electron chi connectivity index (χ2n) is 8.44. The first-order chi connectivity index (χ1) is 17.2. The minimum absolute atomic E-state index is 0.217. The molecule has 4 aromatic rings. The lowest BCUT2D eigenvalue weighted by atomic mass is 10.1. The molecule has 5 rings (SSSR count). The number of anilines is 1. The lowest BCUT2D eigenvalue weighted by Crippen LogP contribution is -2.35. The van der Waals surface area contributed by atoms with Gasteiger partial charge in [0.1, 0.15) is 11.4 Å². The van der Waals surface area contributed by atoms with E-state index in [1.165, 1.54) is 5.56 Å². The van der Waals surface area contributed by atoms with Crippen LogP contribution >= 0.6 is 0 Å². The quantitative estimate of drug-likeness (QED) is 0.428. The van der Waals surface area contributed by atoms with Gasteiger partial charge in [0.25, 0.3) is 5.91 Å². The lowest BCUT2D eigenvalue weighted by molar-refractivity contribution is 0.0342. The number of nitrogens with zero attached hydrogens (tertiary/aromatic N) is 3.